The van der Waals surface area contributed by atoms with Crippen molar-refractivity contribution >= 4 is 27.5 Å². The Morgan fingerprint density at radius 2 is 2.05 bits per heavy atom. The summed E-state index contributed by atoms with van der Waals surface area (Å²) in [5, 5.41) is 11.5. The molecule has 0 fully saturated rings. The molecule has 0 spiro atoms. The van der Waals surface area contributed by atoms with Gasteiger partial charge in [0.2, 0.25) is 5.91 Å². The normalized spacial score (nSPS) is 9.71. The van der Waals surface area contributed by atoms with Crippen molar-refractivity contribution in [2.75, 3.05) is 11.9 Å². The molecule has 0 radical (unpaired) electrons. The lowest BCUT2D eigenvalue weighted by molar-refractivity contribution is -0.116. The minimum absolute atomic E-state index is 0.153. The molecule has 0 saturated carbocycles. The molecular weight excluding hydrogens is 332 g/mol. The number of amides is 1. The summed E-state index contributed by atoms with van der Waals surface area (Å²) >= 11 is 3.36. The van der Waals surface area contributed by atoms with Gasteiger partial charge in [-0.3, -0.25) is 4.79 Å². The van der Waals surface area contributed by atoms with E-state index in [1.165, 1.54) is 0 Å². The van der Waals surface area contributed by atoms with Gasteiger partial charge in [-0.1, -0.05) is 28.1 Å². The third-order valence-electron chi connectivity index (χ3n) is 2.67. The molecule has 0 aliphatic rings. The molecular formula is C16H13BrN2O2. The van der Waals surface area contributed by atoms with Crippen LogP contribution in [0.15, 0.2) is 53.0 Å². The fourth-order valence-electron chi connectivity index (χ4n) is 1.71. The van der Waals surface area contributed by atoms with Crippen LogP contribution in [0, 0.1) is 11.3 Å². The highest BCUT2D eigenvalue weighted by Crippen LogP contribution is 2.18. The van der Waals surface area contributed by atoms with Crippen molar-refractivity contribution in [3.05, 3.63) is 58.6 Å². The molecule has 0 bridgehead atoms. The lowest BCUT2D eigenvalue weighted by atomic mass is 10.2. The van der Waals surface area contributed by atoms with Gasteiger partial charge in [0.15, 0.2) is 0 Å². The number of carbonyl (C=O) groups excluding carboxylic acids is 1. The third-order valence-corrected chi connectivity index (χ3v) is 3.16. The molecule has 4 nitrogen and oxygen atoms in total. The topological polar surface area (TPSA) is 62.1 Å². The highest BCUT2D eigenvalue weighted by Gasteiger charge is 2.04. The smallest absolute Gasteiger partial charge is 0.227 e. The Morgan fingerprint density at radius 1 is 1.24 bits per heavy atom. The molecule has 5 heteroatoms. The largest absolute Gasteiger partial charge is 0.493 e. The number of ether oxygens (including phenoxy) is 1. The van der Waals surface area contributed by atoms with Crippen LogP contribution in [0.4, 0.5) is 5.69 Å². The van der Waals surface area contributed by atoms with Gasteiger partial charge in [-0.15, -0.1) is 0 Å². The first-order valence-corrected chi connectivity index (χ1v) is 7.15. The van der Waals surface area contributed by atoms with Crippen LogP contribution in [-0.4, -0.2) is 12.5 Å². The summed E-state index contributed by atoms with van der Waals surface area (Å²) in [6.07, 6.45) is 0.239. The Morgan fingerprint density at radius 3 is 2.81 bits per heavy atom. The van der Waals surface area contributed by atoms with Crippen LogP contribution >= 0.6 is 15.9 Å². The van der Waals surface area contributed by atoms with Crippen LogP contribution in [-0.2, 0) is 4.79 Å². The van der Waals surface area contributed by atoms with Crippen molar-refractivity contribution in [1.29, 1.82) is 5.26 Å². The van der Waals surface area contributed by atoms with Crippen LogP contribution in [0.2, 0.25) is 0 Å². The van der Waals surface area contributed by atoms with Gasteiger partial charge in [0.1, 0.15) is 5.75 Å². The van der Waals surface area contributed by atoms with Gasteiger partial charge in [0.25, 0.3) is 0 Å². The molecule has 0 aliphatic carbocycles. The van der Waals surface area contributed by atoms with Gasteiger partial charge in [0, 0.05) is 10.2 Å². The number of hydrogen-bond acceptors (Lipinski definition) is 3. The van der Waals surface area contributed by atoms with Crippen molar-refractivity contribution in [2.24, 2.45) is 0 Å². The van der Waals surface area contributed by atoms with Crippen molar-refractivity contribution < 1.29 is 9.53 Å². The van der Waals surface area contributed by atoms with Gasteiger partial charge in [-0.2, -0.15) is 5.26 Å². The number of benzene rings is 2. The molecule has 0 atom stereocenters. The third kappa shape index (κ3) is 4.93. The molecule has 0 aliphatic heterocycles. The zero-order chi connectivity index (χ0) is 15.1. The summed E-state index contributed by atoms with van der Waals surface area (Å²) < 4.78 is 6.43. The molecule has 2 rings (SSSR count). The monoisotopic (exact) mass is 344 g/mol. The highest BCUT2D eigenvalue weighted by molar-refractivity contribution is 9.10. The van der Waals surface area contributed by atoms with E-state index >= 15 is 0 Å². The molecule has 0 unspecified atom stereocenters. The standard InChI is InChI=1S/C16H13BrN2O2/c17-13-4-2-6-15(10-13)21-8-7-16(20)19-14-5-1-3-12(9-14)11-18/h1-6,9-10H,7-8H2,(H,19,20). The lowest BCUT2D eigenvalue weighted by Crippen LogP contribution is -2.15. The number of anilines is 1. The number of nitrogens with one attached hydrogen (secondary N) is 1. The van der Waals surface area contributed by atoms with Crippen molar-refractivity contribution in [3.8, 4) is 11.8 Å². The summed E-state index contributed by atoms with van der Waals surface area (Å²) in [5.74, 6) is 0.559. The summed E-state index contributed by atoms with van der Waals surface area (Å²) in [7, 11) is 0. The first kappa shape index (κ1) is 15.1. The molecule has 0 heterocycles. The van der Waals surface area contributed by atoms with E-state index in [0.29, 0.717) is 23.6 Å². The van der Waals surface area contributed by atoms with E-state index in [1.807, 2.05) is 30.3 Å². The van der Waals surface area contributed by atoms with Gasteiger partial charge in [0.05, 0.1) is 24.7 Å². The van der Waals surface area contributed by atoms with Crippen LogP contribution in [0.25, 0.3) is 0 Å². The molecule has 0 saturated heterocycles. The number of rotatable bonds is 5. The molecule has 1 amide bonds. The van der Waals surface area contributed by atoms with E-state index in [0.717, 1.165) is 4.47 Å². The Labute approximate surface area is 131 Å². The average molecular weight is 345 g/mol. The highest BCUT2D eigenvalue weighted by atomic mass is 79.9. The minimum atomic E-state index is -0.153. The summed E-state index contributed by atoms with van der Waals surface area (Å²) in [6, 6.07) is 16.3. The van der Waals surface area contributed by atoms with Crippen LogP contribution in [0.3, 0.4) is 0 Å². The number of nitrogens with zero attached hydrogens (tertiary/aromatic N) is 1. The van der Waals surface area contributed by atoms with Gasteiger partial charge < -0.3 is 10.1 Å². The second-order valence-corrected chi connectivity index (χ2v) is 5.21. The maximum atomic E-state index is 11.8. The Kier molecular flexibility index (Phi) is 5.35. The van der Waals surface area contributed by atoms with Gasteiger partial charge >= 0.3 is 0 Å². The molecule has 1 N–H and O–H groups in total. The van der Waals surface area contributed by atoms with Crippen molar-refractivity contribution in [2.45, 2.75) is 6.42 Å². The zero-order valence-electron chi connectivity index (χ0n) is 11.2. The predicted molar refractivity (Wildman–Crippen MR) is 84.0 cm³/mol. The first-order chi connectivity index (χ1) is 10.2. The van der Waals surface area contributed by atoms with Gasteiger partial charge in [-0.25, -0.2) is 0 Å². The molecule has 106 valence electrons. The van der Waals surface area contributed by atoms with E-state index in [9.17, 15) is 4.79 Å². The maximum absolute atomic E-state index is 11.8. The molecule has 21 heavy (non-hydrogen) atoms. The fraction of sp³-hybridized carbons (Fsp3) is 0.125. The van der Waals surface area contributed by atoms with Crippen LogP contribution in [0.1, 0.15) is 12.0 Å². The van der Waals surface area contributed by atoms with Gasteiger partial charge in [-0.05, 0) is 36.4 Å². The quantitative estimate of drug-likeness (QED) is 0.898. The van der Waals surface area contributed by atoms with E-state index in [-0.39, 0.29) is 12.3 Å². The average Bonchev–Trinajstić information content (AvgIpc) is 2.47. The van der Waals surface area contributed by atoms with E-state index in [2.05, 4.69) is 21.2 Å². The number of hydrogen-bond donors (Lipinski definition) is 1. The molecule has 2 aromatic rings. The predicted octanol–water partition coefficient (Wildman–Crippen LogP) is 3.73. The first-order valence-electron chi connectivity index (χ1n) is 6.36. The zero-order valence-corrected chi connectivity index (χ0v) is 12.8. The SMILES string of the molecule is N#Cc1cccc(NC(=O)CCOc2cccc(Br)c2)c1. The van der Waals surface area contributed by atoms with Crippen LogP contribution < -0.4 is 10.1 Å². The molecule has 0 aromatic heterocycles. The summed E-state index contributed by atoms with van der Waals surface area (Å²) in [4.78, 5) is 11.8. The molecule has 2 aromatic carbocycles. The Hall–Kier alpha value is -2.32. The minimum Gasteiger partial charge on any atom is -0.493 e. The number of nitriles is 1. The van der Waals surface area contributed by atoms with Crippen LogP contribution in [0.5, 0.6) is 5.75 Å². The summed E-state index contributed by atoms with van der Waals surface area (Å²) in [6.45, 7) is 0.292. The number of carbonyl (C=O) groups is 1. The second kappa shape index (κ2) is 7.46. The Bertz CT molecular complexity index is 680. The lowest BCUT2D eigenvalue weighted by Gasteiger charge is -2.07. The van der Waals surface area contributed by atoms with E-state index < -0.39 is 0 Å². The Balaban J connectivity index is 1.81. The fourth-order valence-corrected chi connectivity index (χ4v) is 2.09. The number of halogens is 1. The summed E-state index contributed by atoms with van der Waals surface area (Å²) in [5.41, 5.74) is 1.12. The van der Waals surface area contributed by atoms with Crippen molar-refractivity contribution in [1.82, 2.24) is 0 Å². The maximum Gasteiger partial charge on any atom is 0.227 e. The van der Waals surface area contributed by atoms with E-state index in [1.54, 1.807) is 24.3 Å². The van der Waals surface area contributed by atoms with E-state index in [4.69, 9.17) is 10.00 Å². The second-order valence-electron chi connectivity index (χ2n) is 4.30. The van der Waals surface area contributed by atoms with Crippen molar-refractivity contribution in [3.63, 3.8) is 0 Å².